The van der Waals surface area contributed by atoms with Crippen LogP contribution in [0, 0.1) is 0 Å². The van der Waals surface area contributed by atoms with Crippen LogP contribution in [0.25, 0.3) is 0 Å². The molecule has 0 saturated heterocycles. The van der Waals surface area contributed by atoms with Crippen molar-refractivity contribution in [3.05, 3.63) is 0 Å². The molecular formula is C6H10N2S. The van der Waals surface area contributed by atoms with E-state index in [0.717, 1.165) is 11.5 Å². The molecule has 50 valence electrons. The standard InChI is InChI=1S/C6H10N2S/c1-3-8-4-7-6(9)5(8)2/h4-5H,3H2,1-2H3. The summed E-state index contributed by atoms with van der Waals surface area (Å²) in [5.41, 5.74) is 0. The molecule has 0 aromatic rings. The van der Waals surface area contributed by atoms with Gasteiger partial charge in [0, 0.05) is 6.54 Å². The second-order valence-electron chi connectivity index (χ2n) is 2.09. The highest BCUT2D eigenvalue weighted by Gasteiger charge is 2.17. The second kappa shape index (κ2) is 2.43. The molecule has 0 amide bonds. The molecule has 0 spiro atoms. The Morgan fingerprint density at radius 2 is 2.56 bits per heavy atom. The maximum Gasteiger partial charge on any atom is 0.127 e. The summed E-state index contributed by atoms with van der Waals surface area (Å²) in [7, 11) is 0. The number of hydrogen-bond acceptors (Lipinski definition) is 2. The minimum Gasteiger partial charge on any atom is -0.354 e. The van der Waals surface area contributed by atoms with Crippen LogP contribution >= 0.6 is 12.2 Å². The monoisotopic (exact) mass is 142 g/mol. The highest BCUT2D eigenvalue weighted by atomic mass is 32.1. The third kappa shape index (κ3) is 1.10. The van der Waals surface area contributed by atoms with Crippen LogP contribution in [0.1, 0.15) is 13.8 Å². The lowest BCUT2D eigenvalue weighted by molar-refractivity contribution is 0.442. The Morgan fingerprint density at radius 3 is 2.78 bits per heavy atom. The van der Waals surface area contributed by atoms with Gasteiger partial charge in [-0.1, -0.05) is 12.2 Å². The molecule has 0 aromatic carbocycles. The van der Waals surface area contributed by atoms with Gasteiger partial charge < -0.3 is 4.90 Å². The van der Waals surface area contributed by atoms with Gasteiger partial charge in [0.15, 0.2) is 0 Å². The minimum absolute atomic E-state index is 0.338. The van der Waals surface area contributed by atoms with Crippen molar-refractivity contribution in [2.24, 2.45) is 4.99 Å². The Morgan fingerprint density at radius 1 is 1.89 bits per heavy atom. The first-order valence-electron chi connectivity index (χ1n) is 3.09. The zero-order chi connectivity index (χ0) is 6.85. The van der Waals surface area contributed by atoms with Crippen LogP contribution in [0.2, 0.25) is 0 Å². The van der Waals surface area contributed by atoms with E-state index in [4.69, 9.17) is 12.2 Å². The van der Waals surface area contributed by atoms with Crippen molar-refractivity contribution >= 4 is 23.5 Å². The fraction of sp³-hybridized carbons (Fsp3) is 0.667. The molecule has 0 saturated carbocycles. The second-order valence-corrected chi connectivity index (χ2v) is 2.51. The summed E-state index contributed by atoms with van der Waals surface area (Å²) < 4.78 is 0. The molecule has 0 aromatic heterocycles. The van der Waals surface area contributed by atoms with Gasteiger partial charge in [0.25, 0.3) is 0 Å². The number of hydrogen-bond donors (Lipinski definition) is 0. The van der Waals surface area contributed by atoms with E-state index in [2.05, 4.69) is 23.7 Å². The zero-order valence-electron chi connectivity index (χ0n) is 5.66. The van der Waals surface area contributed by atoms with Crippen LogP contribution in [-0.4, -0.2) is 28.8 Å². The number of rotatable bonds is 1. The lowest BCUT2D eigenvalue weighted by Gasteiger charge is -2.16. The molecular weight excluding hydrogens is 132 g/mol. The van der Waals surface area contributed by atoms with Crippen molar-refractivity contribution in [1.82, 2.24) is 4.90 Å². The van der Waals surface area contributed by atoms with E-state index in [1.54, 1.807) is 0 Å². The van der Waals surface area contributed by atoms with Crippen LogP contribution < -0.4 is 0 Å². The van der Waals surface area contributed by atoms with Crippen molar-refractivity contribution in [3.63, 3.8) is 0 Å². The first kappa shape index (κ1) is 6.68. The molecule has 1 aliphatic rings. The summed E-state index contributed by atoms with van der Waals surface area (Å²) in [5, 5.41) is 0. The Hall–Kier alpha value is -0.440. The maximum atomic E-state index is 4.95. The van der Waals surface area contributed by atoms with Gasteiger partial charge in [-0.15, -0.1) is 0 Å². The van der Waals surface area contributed by atoms with Crippen molar-refractivity contribution in [1.29, 1.82) is 0 Å². The highest BCUT2D eigenvalue weighted by molar-refractivity contribution is 7.80. The number of aliphatic imine (C=N–C) groups is 1. The zero-order valence-corrected chi connectivity index (χ0v) is 6.48. The van der Waals surface area contributed by atoms with Crippen LogP contribution in [0.15, 0.2) is 4.99 Å². The van der Waals surface area contributed by atoms with E-state index in [-0.39, 0.29) is 0 Å². The summed E-state index contributed by atoms with van der Waals surface area (Å²) >= 11 is 4.95. The SMILES string of the molecule is CCN1C=NC(=S)C1C. The summed E-state index contributed by atoms with van der Waals surface area (Å²) in [6.07, 6.45) is 1.81. The Bertz CT molecular complexity index is 153. The molecule has 0 bridgehead atoms. The van der Waals surface area contributed by atoms with Gasteiger partial charge in [0.1, 0.15) is 4.99 Å². The smallest absolute Gasteiger partial charge is 0.127 e. The van der Waals surface area contributed by atoms with E-state index < -0.39 is 0 Å². The summed E-state index contributed by atoms with van der Waals surface area (Å²) in [4.78, 5) is 6.92. The molecule has 0 N–H and O–H groups in total. The highest BCUT2D eigenvalue weighted by Crippen LogP contribution is 2.06. The Balaban J connectivity index is 2.62. The van der Waals surface area contributed by atoms with Gasteiger partial charge in [-0.2, -0.15) is 0 Å². The van der Waals surface area contributed by atoms with E-state index in [1.165, 1.54) is 0 Å². The van der Waals surface area contributed by atoms with E-state index in [1.807, 2.05) is 6.34 Å². The number of nitrogens with zero attached hydrogens (tertiary/aromatic N) is 2. The van der Waals surface area contributed by atoms with Crippen molar-refractivity contribution in [2.75, 3.05) is 6.54 Å². The first-order valence-corrected chi connectivity index (χ1v) is 3.50. The fourth-order valence-electron chi connectivity index (χ4n) is 0.836. The van der Waals surface area contributed by atoms with Gasteiger partial charge in [-0.3, -0.25) is 0 Å². The van der Waals surface area contributed by atoms with Gasteiger partial charge in [-0.05, 0) is 13.8 Å². The molecule has 2 nitrogen and oxygen atoms in total. The van der Waals surface area contributed by atoms with Gasteiger partial charge in [-0.25, -0.2) is 4.99 Å². The number of thiocarbonyl (C=S) groups is 1. The lowest BCUT2D eigenvalue weighted by Crippen LogP contribution is -2.30. The molecule has 0 fully saturated rings. The lowest BCUT2D eigenvalue weighted by atomic mass is 10.3. The van der Waals surface area contributed by atoms with Crippen LogP contribution in [0.5, 0.6) is 0 Å². The third-order valence-corrected chi connectivity index (χ3v) is 2.00. The van der Waals surface area contributed by atoms with E-state index >= 15 is 0 Å². The normalized spacial score (nSPS) is 25.8. The molecule has 0 radical (unpaired) electrons. The van der Waals surface area contributed by atoms with Gasteiger partial charge in [0.05, 0.1) is 12.4 Å². The molecule has 1 unspecified atom stereocenters. The summed E-state index contributed by atoms with van der Waals surface area (Å²) in [6.45, 7) is 5.15. The fourth-order valence-corrected chi connectivity index (χ4v) is 1.02. The Labute approximate surface area is 60.6 Å². The minimum atomic E-state index is 0.338. The molecule has 1 atom stereocenters. The molecule has 1 heterocycles. The average Bonchev–Trinajstić information content (AvgIpc) is 2.15. The third-order valence-electron chi connectivity index (χ3n) is 1.55. The van der Waals surface area contributed by atoms with Crippen molar-refractivity contribution in [3.8, 4) is 0 Å². The molecule has 9 heavy (non-hydrogen) atoms. The van der Waals surface area contributed by atoms with Gasteiger partial charge >= 0.3 is 0 Å². The van der Waals surface area contributed by atoms with Crippen LogP contribution in [0.4, 0.5) is 0 Å². The van der Waals surface area contributed by atoms with E-state index in [0.29, 0.717) is 6.04 Å². The summed E-state index contributed by atoms with van der Waals surface area (Å²) in [6, 6.07) is 0.338. The van der Waals surface area contributed by atoms with Crippen LogP contribution in [0.3, 0.4) is 0 Å². The molecule has 1 rings (SSSR count). The number of likely N-dealkylation sites (N-methyl/N-ethyl adjacent to an activating group) is 1. The topological polar surface area (TPSA) is 15.6 Å². The largest absolute Gasteiger partial charge is 0.354 e. The molecule has 1 aliphatic heterocycles. The average molecular weight is 142 g/mol. The predicted molar refractivity (Wildman–Crippen MR) is 42.9 cm³/mol. The predicted octanol–water partition coefficient (Wildman–Crippen LogP) is 1.07. The summed E-state index contributed by atoms with van der Waals surface area (Å²) in [5.74, 6) is 0. The van der Waals surface area contributed by atoms with E-state index in [9.17, 15) is 0 Å². The maximum absolute atomic E-state index is 4.95. The van der Waals surface area contributed by atoms with Crippen LogP contribution in [-0.2, 0) is 0 Å². The quantitative estimate of drug-likeness (QED) is 0.509. The van der Waals surface area contributed by atoms with Crippen molar-refractivity contribution in [2.45, 2.75) is 19.9 Å². The van der Waals surface area contributed by atoms with Gasteiger partial charge in [0.2, 0.25) is 0 Å². The first-order chi connectivity index (χ1) is 4.25. The van der Waals surface area contributed by atoms with Crippen molar-refractivity contribution < 1.29 is 0 Å². The molecule has 0 aliphatic carbocycles. The Kier molecular flexibility index (Phi) is 1.81. The molecule has 3 heteroatoms.